The molecule has 0 radical (unpaired) electrons. The van der Waals surface area contributed by atoms with Crippen LogP contribution in [0.4, 0.5) is 5.69 Å². The first kappa shape index (κ1) is 19.8. The molecule has 1 aliphatic rings. The molecule has 1 N–H and O–H groups in total. The molecular formula is C22H20N4O3S. The lowest BCUT2D eigenvalue weighted by Crippen LogP contribution is -2.21. The molecule has 0 spiro atoms. The molecule has 2 heterocycles. The maximum absolute atomic E-state index is 13.0. The summed E-state index contributed by atoms with van der Waals surface area (Å²) in [6.45, 7) is 1.83. The van der Waals surface area contributed by atoms with Crippen molar-refractivity contribution in [2.75, 3.05) is 7.11 Å². The average molecular weight is 420 g/mol. The number of amidine groups is 1. The minimum atomic E-state index is -0.244. The van der Waals surface area contributed by atoms with E-state index in [-0.39, 0.29) is 11.5 Å². The lowest BCUT2D eigenvalue weighted by molar-refractivity contribution is -0.115. The van der Waals surface area contributed by atoms with Gasteiger partial charge in [-0.25, -0.2) is 9.67 Å². The molecule has 1 amide bonds. The number of ether oxygens (including phenoxy) is 1. The predicted molar refractivity (Wildman–Crippen MR) is 120 cm³/mol. The Balaban J connectivity index is 1.66. The molecule has 1 aromatic heterocycles. The highest BCUT2D eigenvalue weighted by Gasteiger charge is 2.25. The van der Waals surface area contributed by atoms with Gasteiger partial charge in [0.2, 0.25) is 0 Å². The summed E-state index contributed by atoms with van der Waals surface area (Å²) in [6.07, 6.45) is 1.78. The van der Waals surface area contributed by atoms with E-state index in [2.05, 4.69) is 10.3 Å². The lowest BCUT2D eigenvalue weighted by atomic mass is 10.2. The number of thioether (sulfide) groups is 1. The number of aromatic nitrogens is 2. The highest BCUT2D eigenvalue weighted by atomic mass is 32.2. The van der Waals surface area contributed by atoms with Gasteiger partial charge in [0, 0.05) is 7.05 Å². The second-order valence-corrected chi connectivity index (χ2v) is 7.70. The number of methoxy groups -OCH3 is 1. The Hall–Kier alpha value is -3.52. The van der Waals surface area contributed by atoms with Gasteiger partial charge >= 0.3 is 0 Å². The molecule has 0 atom stereocenters. The fraction of sp³-hybridized carbons (Fsp3) is 0.136. The standard InChI is InChI=1S/C22H20N4O3S/c1-14-19(21(28)26(25(14)2)16-7-5-4-6-8-16)23-22-24-20(27)18(30-22)13-15-9-11-17(29-3)12-10-15/h4-13H,1-3H3,(H,23,24,27). The van der Waals surface area contributed by atoms with Crippen LogP contribution in [-0.2, 0) is 11.8 Å². The molecule has 8 heteroatoms. The topological polar surface area (TPSA) is 77.6 Å². The molecule has 0 saturated carbocycles. The van der Waals surface area contributed by atoms with Crippen LogP contribution in [0.5, 0.6) is 5.75 Å². The van der Waals surface area contributed by atoms with E-state index in [1.54, 1.807) is 22.5 Å². The van der Waals surface area contributed by atoms with Gasteiger partial charge < -0.3 is 10.1 Å². The van der Waals surface area contributed by atoms with Crippen molar-refractivity contribution in [3.63, 3.8) is 0 Å². The number of hydrogen-bond acceptors (Lipinski definition) is 5. The van der Waals surface area contributed by atoms with Gasteiger partial charge in [-0.1, -0.05) is 30.3 Å². The first-order valence-electron chi connectivity index (χ1n) is 9.25. The lowest BCUT2D eigenvalue weighted by Gasteiger charge is -2.07. The fourth-order valence-electron chi connectivity index (χ4n) is 3.12. The smallest absolute Gasteiger partial charge is 0.297 e. The summed E-state index contributed by atoms with van der Waals surface area (Å²) in [6, 6.07) is 16.8. The molecule has 30 heavy (non-hydrogen) atoms. The van der Waals surface area contributed by atoms with Gasteiger partial charge in [-0.15, -0.1) is 0 Å². The van der Waals surface area contributed by atoms with Crippen LogP contribution in [0, 0.1) is 6.92 Å². The summed E-state index contributed by atoms with van der Waals surface area (Å²) in [4.78, 5) is 30.3. The monoisotopic (exact) mass is 420 g/mol. The van der Waals surface area contributed by atoms with Crippen molar-refractivity contribution in [2.24, 2.45) is 12.0 Å². The van der Waals surface area contributed by atoms with E-state index in [1.165, 1.54) is 11.8 Å². The molecule has 152 valence electrons. The number of hydrogen-bond donors (Lipinski definition) is 1. The maximum atomic E-state index is 13.0. The van der Waals surface area contributed by atoms with Gasteiger partial charge in [0.15, 0.2) is 10.9 Å². The number of benzene rings is 2. The predicted octanol–water partition coefficient (Wildman–Crippen LogP) is 3.38. The second-order valence-electron chi connectivity index (χ2n) is 6.67. The van der Waals surface area contributed by atoms with Crippen LogP contribution >= 0.6 is 11.8 Å². The summed E-state index contributed by atoms with van der Waals surface area (Å²) in [5.41, 5.74) is 2.39. The van der Waals surface area contributed by atoms with Crippen molar-refractivity contribution in [2.45, 2.75) is 6.92 Å². The minimum Gasteiger partial charge on any atom is -0.497 e. The normalized spacial score (nSPS) is 16.3. The zero-order chi connectivity index (χ0) is 21.3. The zero-order valence-corrected chi connectivity index (χ0v) is 17.6. The van der Waals surface area contributed by atoms with E-state index in [0.29, 0.717) is 21.5 Å². The molecule has 1 saturated heterocycles. The first-order chi connectivity index (χ1) is 14.5. The zero-order valence-electron chi connectivity index (χ0n) is 16.7. The third-order valence-corrected chi connectivity index (χ3v) is 5.71. The van der Waals surface area contributed by atoms with E-state index in [4.69, 9.17) is 4.74 Å². The Morgan fingerprint density at radius 1 is 1.07 bits per heavy atom. The van der Waals surface area contributed by atoms with Crippen molar-refractivity contribution in [1.29, 1.82) is 0 Å². The molecule has 1 fully saturated rings. The number of carbonyl (C=O) groups is 1. The fourth-order valence-corrected chi connectivity index (χ4v) is 3.94. The molecule has 0 aliphatic carbocycles. The van der Waals surface area contributed by atoms with E-state index in [0.717, 1.165) is 17.0 Å². The number of amides is 1. The van der Waals surface area contributed by atoms with Gasteiger partial charge in [0.1, 0.15) is 5.75 Å². The largest absolute Gasteiger partial charge is 0.497 e. The van der Waals surface area contributed by atoms with Crippen LogP contribution in [0.15, 0.2) is 69.3 Å². The van der Waals surface area contributed by atoms with Gasteiger partial charge in [0.25, 0.3) is 11.5 Å². The number of para-hydroxylation sites is 1. The molecule has 2 aromatic carbocycles. The Kier molecular flexibility index (Phi) is 5.33. The van der Waals surface area contributed by atoms with Gasteiger partial charge in [-0.05, 0) is 54.6 Å². The van der Waals surface area contributed by atoms with E-state index < -0.39 is 0 Å². The van der Waals surface area contributed by atoms with Gasteiger partial charge in [0.05, 0.1) is 23.4 Å². The van der Waals surface area contributed by atoms with Crippen LogP contribution < -0.4 is 15.6 Å². The molecular weight excluding hydrogens is 400 g/mol. The summed E-state index contributed by atoms with van der Waals surface area (Å²) in [7, 11) is 3.41. The van der Waals surface area contributed by atoms with Crippen molar-refractivity contribution >= 4 is 34.6 Å². The van der Waals surface area contributed by atoms with Crippen molar-refractivity contribution < 1.29 is 9.53 Å². The SMILES string of the molecule is COc1ccc(C=C2SC(=Nc3c(C)n(C)n(-c4ccccc4)c3=O)NC2=O)cc1. The van der Waals surface area contributed by atoms with Crippen molar-refractivity contribution in [3.8, 4) is 11.4 Å². The highest BCUT2D eigenvalue weighted by molar-refractivity contribution is 8.18. The number of carbonyl (C=O) groups excluding carboxylic acids is 1. The third-order valence-electron chi connectivity index (χ3n) is 4.80. The summed E-state index contributed by atoms with van der Waals surface area (Å²) in [5.74, 6) is 0.503. The Bertz CT molecular complexity index is 1220. The maximum Gasteiger partial charge on any atom is 0.297 e. The number of nitrogens with zero attached hydrogens (tertiary/aromatic N) is 3. The minimum absolute atomic E-state index is 0.240. The van der Waals surface area contributed by atoms with Gasteiger partial charge in [-0.3, -0.25) is 14.3 Å². The first-order valence-corrected chi connectivity index (χ1v) is 10.1. The van der Waals surface area contributed by atoms with Crippen molar-refractivity contribution in [1.82, 2.24) is 14.7 Å². The van der Waals surface area contributed by atoms with Crippen LogP contribution in [0.3, 0.4) is 0 Å². The molecule has 0 bridgehead atoms. The summed E-state index contributed by atoms with van der Waals surface area (Å²) in [5, 5.41) is 3.12. The molecule has 0 unspecified atom stereocenters. The number of aliphatic imine (C=N–C) groups is 1. The molecule has 1 aliphatic heterocycles. The average Bonchev–Trinajstić information content (AvgIpc) is 3.20. The van der Waals surface area contributed by atoms with E-state index in [1.807, 2.05) is 68.6 Å². The second kappa shape index (κ2) is 8.08. The molecule has 4 rings (SSSR count). The molecule has 7 nitrogen and oxygen atoms in total. The summed E-state index contributed by atoms with van der Waals surface area (Å²) < 4.78 is 8.47. The third kappa shape index (κ3) is 3.69. The number of rotatable bonds is 4. The van der Waals surface area contributed by atoms with Crippen LogP contribution in [0.25, 0.3) is 11.8 Å². The quantitative estimate of drug-likeness (QED) is 0.657. The van der Waals surface area contributed by atoms with E-state index in [9.17, 15) is 9.59 Å². The van der Waals surface area contributed by atoms with Crippen LogP contribution in [-0.4, -0.2) is 27.5 Å². The van der Waals surface area contributed by atoms with Crippen molar-refractivity contribution in [3.05, 3.63) is 81.1 Å². The Labute approximate surface area is 177 Å². The molecule has 3 aromatic rings. The highest BCUT2D eigenvalue weighted by Crippen LogP contribution is 2.28. The van der Waals surface area contributed by atoms with E-state index >= 15 is 0 Å². The van der Waals surface area contributed by atoms with Gasteiger partial charge in [-0.2, -0.15) is 0 Å². The Morgan fingerprint density at radius 3 is 2.43 bits per heavy atom. The Morgan fingerprint density at radius 2 is 1.77 bits per heavy atom. The summed E-state index contributed by atoms with van der Waals surface area (Å²) >= 11 is 1.21. The number of nitrogens with one attached hydrogen (secondary N) is 1. The van der Waals surface area contributed by atoms with Crippen LogP contribution in [0.2, 0.25) is 0 Å². The van der Waals surface area contributed by atoms with Crippen LogP contribution in [0.1, 0.15) is 11.3 Å².